The van der Waals surface area contributed by atoms with Gasteiger partial charge in [0.2, 0.25) is 0 Å². The Kier molecular flexibility index (Phi) is 1.43. The summed E-state index contributed by atoms with van der Waals surface area (Å²) >= 11 is 4.08. The van der Waals surface area contributed by atoms with Crippen LogP contribution in [0.5, 0.6) is 0 Å². The van der Waals surface area contributed by atoms with Crippen LogP contribution in [0.3, 0.4) is 0 Å². The predicted molar refractivity (Wildman–Crippen MR) is 52.5 cm³/mol. The fourth-order valence-corrected chi connectivity index (χ4v) is 7.93. The van der Waals surface area contributed by atoms with Crippen molar-refractivity contribution in [2.75, 3.05) is 5.75 Å². The number of hydrogen-bond acceptors (Lipinski definition) is 2. The van der Waals surface area contributed by atoms with Crippen molar-refractivity contribution in [1.29, 1.82) is 0 Å². The third-order valence-corrected chi connectivity index (χ3v) is 7.92. The molecule has 53 valence electrons. The van der Waals surface area contributed by atoms with E-state index >= 15 is 0 Å². The van der Waals surface area contributed by atoms with Crippen LogP contribution in [0, 0.1) is 3.31 Å². The molecule has 1 aromatic heterocycles. The zero-order valence-corrected chi connectivity index (χ0v) is 9.49. The van der Waals surface area contributed by atoms with E-state index < -0.39 is 0 Å². The molecule has 0 bridgehead atoms. The Morgan fingerprint density at radius 1 is 1.45 bits per heavy atom. The van der Waals surface area contributed by atoms with Gasteiger partial charge in [0.05, 0.1) is 0 Å². The van der Waals surface area contributed by atoms with Crippen molar-refractivity contribution in [3.05, 3.63) is 30.5 Å². The second kappa shape index (κ2) is 2.34. The minimum absolute atomic E-state index is 0.106. The molecule has 0 aliphatic carbocycles. The number of fused-ring (bicyclic) bond motifs is 2. The molecule has 0 saturated heterocycles. The zero-order valence-electron chi connectivity index (χ0n) is 5.76. The van der Waals surface area contributed by atoms with Crippen molar-refractivity contribution < 1.29 is 0 Å². The van der Waals surface area contributed by atoms with Gasteiger partial charge in [-0.1, -0.05) is 0 Å². The molecule has 3 heteroatoms. The van der Waals surface area contributed by atoms with Crippen LogP contribution in [-0.2, 0) is 0 Å². The number of thioether (sulfide) groups is 1. The van der Waals surface area contributed by atoms with Crippen LogP contribution < -0.4 is 5.22 Å². The summed E-state index contributed by atoms with van der Waals surface area (Å²) in [5.74, 6) is 1.23. The first-order chi connectivity index (χ1) is 5.45. The average molecular weight is 238 g/mol. The molecule has 0 atom stereocenters. The molecule has 0 N–H and O–H groups in total. The first-order valence-electron chi connectivity index (χ1n) is 3.50. The SMILES string of the molecule is C1=[C]2[Ge]=[c]3sccc3=C2SC1. The maximum atomic E-state index is 2.42. The molecule has 1 radical (unpaired) electrons. The van der Waals surface area contributed by atoms with Gasteiger partial charge in [0.25, 0.3) is 0 Å². The van der Waals surface area contributed by atoms with Crippen molar-refractivity contribution >= 4 is 43.0 Å². The van der Waals surface area contributed by atoms with Gasteiger partial charge in [-0.3, -0.25) is 0 Å². The summed E-state index contributed by atoms with van der Waals surface area (Å²) in [6, 6.07) is 2.29. The van der Waals surface area contributed by atoms with E-state index in [9.17, 15) is 0 Å². The molecule has 11 heavy (non-hydrogen) atoms. The second-order valence-electron chi connectivity index (χ2n) is 2.55. The normalized spacial score (nSPS) is 19.3. The van der Waals surface area contributed by atoms with Crippen LogP contribution in [-0.4, -0.2) is 20.7 Å². The summed E-state index contributed by atoms with van der Waals surface area (Å²) in [5.41, 5.74) is 0. The summed E-state index contributed by atoms with van der Waals surface area (Å²) in [6.45, 7) is 0. The van der Waals surface area contributed by atoms with Crippen LogP contribution in [0.2, 0.25) is 0 Å². The Morgan fingerprint density at radius 2 is 2.45 bits per heavy atom. The molecule has 2 aliphatic heterocycles. The summed E-state index contributed by atoms with van der Waals surface area (Å²) in [5, 5.41) is 3.81. The monoisotopic (exact) mass is 239 g/mol. The van der Waals surface area contributed by atoms with E-state index in [1.165, 1.54) is 5.75 Å². The quantitative estimate of drug-likeness (QED) is 0.616. The molecule has 1 aromatic rings. The van der Waals surface area contributed by atoms with Crippen LogP contribution in [0.4, 0.5) is 0 Å². The molecule has 0 spiro atoms. The third kappa shape index (κ3) is 0.863. The van der Waals surface area contributed by atoms with Gasteiger partial charge in [0.15, 0.2) is 0 Å². The van der Waals surface area contributed by atoms with Gasteiger partial charge < -0.3 is 0 Å². The van der Waals surface area contributed by atoms with E-state index in [0.717, 1.165) is 0 Å². The van der Waals surface area contributed by atoms with Gasteiger partial charge in [-0.25, -0.2) is 0 Å². The van der Waals surface area contributed by atoms with Gasteiger partial charge in [0, 0.05) is 0 Å². The topological polar surface area (TPSA) is 0 Å². The Morgan fingerprint density at radius 3 is 3.45 bits per heavy atom. The number of rotatable bonds is 0. The molecule has 0 aromatic carbocycles. The van der Waals surface area contributed by atoms with Gasteiger partial charge >= 0.3 is 79.2 Å². The molecular formula is C8H5GeS2. The predicted octanol–water partition coefficient (Wildman–Crippen LogP) is 1.46. The first kappa shape index (κ1) is 6.69. The Balaban J connectivity index is 2.55. The van der Waals surface area contributed by atoms with Crippen molar-refractivity contribution in [3.63, 3.8) is 0 Å². The Bertz CT molecular complexity index is 453. The average Bonchev–Trinajstić information content (AvgIpc) is 2.52. The summed E-state index contributed by atoms with van der Waals surface area (Å²) < 4.78 is 3.40. The second-order valence-corrected chi connectivity index (χ2v) is 7.96. The van der Waals surface area contributed by atoms with Crippen LogP contribution in [0.15, 0.2) is 21.9 Å². The fourth-order valence-electron chi connectivity index (χ4n) is 1.42. The molecule has 0 amide bonds. The third-order valence-electron chi connectivity index (χ3n) is 1.92. The number of thiophene rings is 1. The minimum atomic E-state index is 0.106. The van der Waals surface area contributed by atoms with Gasteiger partial charge in [-0.15, -0.1) is 0 Å². The zero-order chi connectivity index (χ0) is 7.26. The number of hydrogen-bond donors (Lipinski definition) is 0. The molecule has 2 aliphatic rings. The van der Waals surface area contributed by atoms with Crippen molar-refractivity contribution in [3.8, 4) is 0 Å². The molecule has 3 heterocycles. The van der Waals surface area contributed by atoms with E-state index in [1.54, 1.807) is 17.8 Å². The fraction of sp³-hybridized carbons (Fsp3) is 0.125. The van der Waals surface area contributed by atoms with E-state index in [-0.39, 0.29) is 15.0 Å². The Labute approximate surface area is 79.0 Å². The van der Waals surface area contributed by atoms with Crippen molar-refractivity contribution in [2.45, 2.75) is 0 Å². The van der Waals surface area contributed by atoms with Crippen LogP contribution in [0.1, 0.15) is 0 Å². The van der Waals surface area contributed by atoms with Gasteiger partial charge in [0.1, 0.15) is 0 Å². The molecule has 3 rings (SSSR count). The van der Waals surface area contributed by atoms with Gasteiger partial charge in [-0.05, 0) is 0 Å². The first-order valence-corrected chi connectivity index (χ1v) is 7.46. The van der Waals surface area contributed by atoms with E-state index in [0.29, 0.717) is 0 Å². The summed E-state index contributed by atoms with van der Waals surface area (Å²) in [4.78, 5) is 1.61. The standard InChI is InChI=1S/C8H5GeS2/c1-3-11-8-5(1)7-6(9-8)2-4-10-7/h1-3H,4H2. The molecule has 0 fully saturated rings. The summed E-state index contributed by atoms with van der Waals surface area (Å²) in [6.07, 6.45) is 2.42. The van der Waals surface area contributed by atoms with Crippen molar-refractivity contribution in [1.82, 2.24) is 0 Å². The van der Waals surface area contributed by atoms with E-state index in [2.05, 4.69) is 17.5 Å². The van der Waals surface area contributed by atoms with Crippen molar-refractivity contribution in [2.24, 2.45) is 0 Å². The Hall–Kier alpha value is 0.203. The van der Waals surface area contributed by atoms with Crippen LogP contribution >= 0.6 is 23.1 Å². The van der Waals surface area contributed by atoms with Gasteiger partial charge in [-0.2, -0.15) is 0 Å². The molecule has 0 nitrogen and oxygen atoms in total. The van der Waals surface area contributed by atoms with Crippen LogP contribution in [0.25, 0.3) is 4.91 Å². The van der Waals surface area contributed by atoms with E-state index in [1.807, 2.05) is 23.1 Å². The summed E-state index contributed by atoms with van der Waals surface area (Å²) in [7, 11) is 0. The molecule has 0 unspecified atom stereocenters. The molecular weight excluding hydrogens is 233 g/mol. The molecule has 0 saturated carbocycles. The maximum absolute atomic E-state index is 2.42. The van der Waals surface area contributed by atoms with E-state index in [4.69, 9.17) is 0 Å².